The minimum Gasteiger partial charge on any atom is -0.360 e. The van der Waals surface area contributed by atoms with Crippen LogP contribution in [0, 0.1) is 6.92 Å². The lowest BCUT2D eigenvalue weighted by atomic mass is 10.2. The van der Waals surface area contributed by atoms with Crippen LogP contribution in [0.3, 0.4) is 0 Å². The van der Waals surface area contributed by atoms with E-state index in [9.17, 15) is 4.79 Å². The SMILES string of the molecule is Cc1c2c(nn1COCC[Si](C)(C)C)[C@H](NC(=O)c1cn[nH]c1)CC2. The number of carbonyl (C=O) groups is 1. The van der Waals surface area contributed by atoms with Gasteiger partial charge in [0.25, 0.3) is 5.91 Å². The molecule has 0 bridgehead atoms. The van der Waals surface area contributed by atoms with Gasteiger partial charge in [-0.05, 0) is 31.4 Å². The number of H-pyrrole nitrogens is 1. The highest BCUT2D eigenvalue weighted by Crippen LogP contribution is 2.32. The van der Waals surface area contributed by atoms with Crippen molar-refractivity contribution >= 4 is 14.0 Å². The van der Waals surface area contributed by atoms with Gasteiger partial charge in [0, 0.05) is 26.6 Å². The minimum absolute atomic E-state index is 0.0423. The number of rotatable bonds is 7. The van der Waals surface area contributed by atoms with Crippen LogP contribution < -0.4 is 5.32 Å². The standard InChI is InChI=1S/C17H27N5O2Si/c1-12-14-5-6-15(20-17(23)13-9-18-19-10-13)16(14)21-22(12)11-24-7-8-25(2,3)4/h9-10,15H,5-8,11H2,1-4H3,(H,18,19)(H,20,23)/t15-/m1/s1. The van der Waals surface area contributed by atoms with Gasteiger partial charge in [0.05, 0.1) is 23.5 Å². The van der Waals surface area contributed by atoms with Crippen LogP contribution in [0.4, 0.5) is 0 Å². The molecule has 2 heterocycles. The summed E-state index contributed by atoms with van der Waals surface area (Å²) >= 11 is 0. The molecular weight excluding hydrogens is 334 g/mol. The third-order valence-electron chi connectivity index (χ3n) is 4.65. The Morgan fingerprint density at radius 1 is 1.48 bits per heavy atom. The monoisotopic (exact) mass is 361 g/mol. The first-order valence-electron chi connectivity index (χ1n) is 8.79. The second kappa shape index (κ2) is 7.13. The van der Waals surface area contributed by atoms with Crippen LogP contribution in [0.5, 0.6) is 0 Å². The van der Waals surface area contributed by atoms with Crippen LogP contribution in [-0.2, 0) is 17.9 Å². The number of nitrogens with one attached hydrogen (secondary N) is 2. The summed E-state index contributed by atoms with van der Waals surface area (Å²) in [7, 11) is -1.08. The molecule has 8 heteroatoms. The van der Waals surface area contributed by atoms with Crippen molar-refractivity contribution in [2.45, 2.75) is 58.2 Å². The molecule has 0 aliphatic heterocycles. The molecule has 0 saturated carbocycles. The highest BCUT2D eigenvalue weighted by molar-refractivity contribution is 6.76. The second-order valence-electron chi connectivity index (χ2n) is 7.85. The summed E-state index contributed by atoms with van der Waals surface area (Å²) in [5, 5.41) is 14.2. The first kappa shape index (κ1) is 17.9. The number of ether oxygens (including phenoxy) is 1. The highest BCUT2D eigenvalue weighted by Gasteiger charge is 2.30. The number of nitrogens with zero attached hydrogens (tertiary/aromatic N) is 3. The zero-order chi connectivity index (χ0) is 18.0. The van der Waals surface area contributed by atoms with Gasteiger partial charge in [0.15, 0.2) is 0 Å². The van der Waals surface area contributed by atoms with Gasteiger partial charge < -0.3 is 10.1 Å². The molecule has 0 aromatic carbocycles. The Morgan fingerprint density at radius 3 is 2.96 bits per heavy atom. The van der Waals surface area contributed by atoms with Crippen molar-refractivity contribution in [3.05, 3.63) is 34.9 Å². The number of hydrogen-bond donors (Lipinski definition) is 2. The van der Waals surface area contributed by atoms with Crippen LogP contribution in [0.15, 0.2) is 12.4 Å². The molecule has 0 fully saturated rings. The Hall–Kier alpha value is -1.93. The number of aromatic nitrogens is 4. The van der Waals surface area contributed by atoms with Crippen molar-refractivity contribution < 1.29 is 9.53 Å². The summed E-state index contributed by atoms with van der Waals surface area (Å²) in [6.45, 7) is 10.4. The lowest BCUT2D eigenvalue weighted by Crippen LogP contribution is -2.27. The van der Waals surface area contributed by atoms with E-state index in [4.69, 9.17) is 9.84 Å². The summed E-state index contributed by atoms with van der Waals surface area (Å²) in [6.07, 6.45) is 4.95. The summed E-state index contributed by atoms with van der Waals surface area (Å²) in [4.78, 5) is 12.2. The van der Waals surface area contributed by atoms with E-state index >= 15 is 0 Å². The molecule has 1 atom stereocenters. The molecule has 1 amide bonds. The maximum absolute atomic E-state index is 12.2. The van der Waals surface area contributed by atoms with Gasteiger partial charge in [-0.2, -0.15) is 10.2 Å². The fourth-order valence-electron chi connectivity index (χ4n) is 3.03. The van der Waals surface area contributed by atoms with Crippen molar-refractivity contribution in [1.29, 1.82) is 0 Å². The van der Waals surface area contributed by atoms with Gasteiger partial charge in [-0.3, -0.25) is 9.89 Å². The Morgan fingerprint density at radius 2 is 2.28 bits per heavy atom. The van der Waals surface area contributed by atoms with Crippen LogP contribution in [0.25, 0.3) is 0 Å². The molecule has 7 nitrogen and oxygen atoms in total. The third-order valence-corrected chi connectivity index (χ3v) is 6.35. The molecule has 3 rings (SSSR count). The van der Waals surface area contributed by atoms with E-state index < -0.39 is 8.07 Å². The average molecular weight is 362 g/mol. The Bertz CT molecular complexity index is 733. The first-order valence-corrected chi connectivity index (χ1v) is 12.5. The zero-order valence-corrected chi connectivity index (χ0v) is 16.4. The molecule has 0 saturated heterocycles. The van der Waals surface area contributed by atoms with E-state index in [1.165, 1.54) is 11.8 Å². The number of amides is 1. The third kappa shape index (κ3) is 4.19. The lowest BCUT2D eigenvalue weighted by Gasteiger charge is -2.16. The van der Waals surface area contributed by atoms with E-state index in [1.54, 1.807) is 6.20 Å². The maximum atomic E-state index is 12.2. The summed E-state index contributed by atoms with van der Waals surface area (Å²) in [6, 6.07) is 1.11. The maximum Gasteiger partial charge on any atom is 0.254 e. The second-order valence-corrected chi connectivity index (χ2v) is 13.5. The first-order chi connectivity index (χ1) is 11.8. The molecule has 0 unspecified atom stereocenters. The van der Waals surface area contributed by atoms with Crippen LogP contribution in [0.1, 0.15) is 39.8 Å². The van der Waals surface area contributed by atoms with E-state index in [1.807, 2.05) is 4.68 Å². The summed E-state index contributed by atoms with van der Waals surface area (Å²) in [5.41, 5.74) is 3.90. The number of hydrogen-bond acceptors (Lipinski definition) is 4. The molecule has 136 valence electrons. The molecule has 0 radical (unpaired) electrons. The molecule has 1 aliphatic rings. The number of fused-ring (bicyclic) bond motifs is 1. The average Bonchev–Trinajstić information content (AvgIpc) is 3.24. The van der Waals surface area contributed by atoms with Crippen LogP contribution >= 0.6 is 0 Å². The van der Waals surface area contributed by atoms with Gasteiger partial charge in [-0.25, -0.2) is 4.68 Å². The van der Waals surface area contributed by atoms with Gasteiger partial charge in [-0.15, -0.1) is 0 Å². The molecule has 1 aliphatic carbocycles. The topological polar surface area (TPSA) is 84.8 Å². The lowest BCUT2D eigenvalue weighted by molar-refractivity contribution is 0.0764. The molecular formula is C17H27N5O2Si. The highest BCUT2D eigenvalue weighted by atomic mass is 28.3. The zero-order valence-electron chi connectivity index (χ0n) is 15.4. The van der Waals surface area contributed by atoms with Crippen LogP contribution in [0.2, 0.25) is 25.7 Å². The van der Waals surface area contributed by atoms with E-state index in [0.717, 1.165) is 36.9 Å². The van der Waals surface area contributed by atoms with Gasteiger partial charge in [-0.1, -0.05) is 19.6 Å². The van der Waals surface area contributed by atoms with Crippen molar-refractivity contribution in [2.75, 3.05) is 6.61 Å². The van der Waals surface area contributed by atoms with E-state index in [2.05, 4.69) is 42.1 Å². The molecule has 0 spiro atoms. The molecule has 2 aromatic rings. The molecule has 25 heavy (non-hydrogen) atoms. The minimum atomic E-state index is -1.08. The number of aromatic amines is 1. The van der Waals surface area contributed by atoms with E-state index in [-0.39, 0.29) is 11.9 Å². The normalized spacial score (nSPS) is 16.9. The fourth-order valence-corrected chi connectivity index (χ4v) is 3.79. The van der Waals surface area contributed by atoms with Crippen molar-refractivity contribution in [3.63, 3.8) is 0 Å². The molecule has 2 N–H and O–H groups in total. The fraction of sp³-hybridized carbons (Fsp3) is 0.588. The quantitative estimate of drug-likeness (QED) is 0.586. The predicted molar refractivity (Wildman–Crippen MR) is 98.2 cm³/mol. The molecule has 2 aromatic heterocycles. The van der Waals surface area contributed by atoms with Crippen molar-refractivity contribution in [2.24, 2.45) is 0 Å². The Balaban J connectivity index is 1.61. The number of carbonyl (C=O) groups excluding carboxylic acids is 1. The van der Waals surface area contributed by atoms with Gasteiger partial charge >= 0.3 is 0 Å². The van der Waals surface area contributed by atoms with E-state index in [0.29, 0.717) is 12.3 Å². The summed E-state index contributed by atoms with van der Waals surface area (Å²) < 4.78 is 7.75. The summed E-state index contributed by atoms with van der Waals surface area (Å²) in [5.74, 6) is -0.120. The predicted octanol–water partition coefficient (Wildman–Crippen LogP) is 2.64. The van der Waals surface area contributed by atoms with Crippen molar-refractivity contribution in [1.82, 2.24) is 25.3 Å². The van der Waals surface area contributed by atoms with Gasteiger partial charge in [0.2, 0.25) is 0 Å². The largest absolute Gasteiger partial charge is 0.360 e. The Kier molecular flexibility index (Phi) is 5.10. The Labute approximate surface area is 149 Å². The van der Waals surface area contributed by atoms with Gasteiger partial charge in [0.1, 0.15) is 6.73 Å². The smallest absolute Gasteiger partial charge is 0.254 e. The van der Waals surface area contributed by atoms with Crippen molar-refractivity contribution in [3.8, 4) is 0 Å². The van der Waals surface area contributed by atoms with Crippen LogP contribution in [-0.4, -0.2) is 40.6 Å².